The highest BCUT2D eigenvalue weighted by Gasteiger charge is 2.20. The Kier molecular flexibility index (Phi) is 7.57. The van der Waals surface area contributed by atoms with Crippen LogP contribution in [0.3, 0.4) is 0 Å². The minimum Gasteiger partial charge on any atom is -0.444 e. The summed E-state index contributed by atoms with van der Waals surface area (Å²) in [5.41, 5.74) is 4.69. The van der Waals surface area contributed by atoms with Crippen molar-refractivity contribution in [3.8, 4) is 0 Å². The number of ether oxygens (including phenoxy) is 1. The third-order valence-corrected chi connectivity index (χ3v) is 2.96. The summed E-state index contributed by atoms with van der Waals surface area (Å²) in [6, 6.07) is -0.377. The van der Waals surface area contributed by atoms with Crippen molar-refractivity contribution in [3.63, 3.8) is 0 Å². The van der Waals surface area contributed by atoms with Gasteiger partial charge < -0.3 is 21.1 Å². The number of alkyl carbamates (subject to hydrolysis) is 1. The van der Waals surface area contributed by atoms with Crippen molar-refractivity contribution in [1.82, 2.24) is 10.6 Å². The van der Waals surface area contributed by atoms with Gasteiger partial charge >= 0.3 is 6.09 Å². The minimum absolute atomic E-state index is 0.198. The molecule has 118 valence electrons. The Morgan fingerprint density at radius 2 is 1.70 bits per heavy atom. The van der Waals surface area contributed by atoms with Crippen molar-refractivity contribution in [2.24, 2.45) is 17.6 Å². The first-order valence-electron chi connectivity index (χ1n) is 7.02. The second-order valence-electron chi connectivity index (χ2n) is 6.42. The summed E-state index contributed by atoms with van der Waals surface area (Å²) >= 11 is 0. The molecule has 0 aromatic heterocycles. The average molecular weight is 287 g/mol. The van der Waals surface area contributed by atoms with E-state index in [0.29, 0.717) is 19.0 Å². The van der Waals surface area contributed by atoms with Gasteiger partial charge in [0.2, 0.25) is 5.91 Å². The standard InChI is InChI=1S/C14H29N3O3/c1-9(2)11(7-16-10(3)12(15)18)8-17-13(19)20-14(4,5)6/h9-11,16H,7-8H2,1-6H3,(H2,15,18)(H,17,19). The molecule has 0 fully saturated rings. The number of nitrogens with one attached hydrogen (secondary N) is 2. The van der Waals surface area contributed by atoms with Crippen molar-refractivity contribution >= 4 is 12.0 Å². The van der Waals surface area contributed by atoms with Gasteiger partial charge in [-0.2, -0.15) is 0 Å². The lowest BCUT2D eigenvalue weighted by Crippen LogP contribution is -2.45. The van der Waals surface area contributed by atoms with Crippen LogP contribution in [0, 0.1) is 11.8 Å². The van der Waals surface area contributed by atoms with Gasteiger partial charge in [0.05, 0.1) is 6.04 Å². The fourth-order valence-electron chi connectivity index (χ4n) is 1.50. The lowest BCUT2D eigenvalue weighted by molar-refractivity contribution is -0.119. The molecule has 0 saturated heterocycles. The Hall–Kier alpha value is -1.30. The van der Waals surface area contributed by atoms with Crippen molar-refractivity contribution in [2.45, 2.75) is 53.2 Å². The van der Waals surface area contributed by atoms with E-state index in [9.17, 15) is 9.59 Å². The Morgan fingerprint density at radius 3 is 2.10 bits per heavy atom. The highest BCUT2D eigenvalue weighted by Crippen LogP contribution is 2.10. The molecule has 6 nitrogen and oxygen atoms in total. The average Bonchev–Trinajstić information content (AvgIpc) is 2.25. The molecular formula is C14H29N3O3. The maximum Gasteiger partial charge on any atom is 0.407 e. The second kappa shape index (κ2) is 8.09. The van der Waals surface area contributed by atoms with Crippen LogP contribution in [0.25, 0.3) is 0 Å². The van der Waals surface area contributed by atoms with Crippen molar-refractivity contribution in [1.29, 1.82) is 0 Å². The number of hydrogen-bond acceptors (Lipinski definition) is 4. The Bertz CT molecular complexity index is 324. The van der Waals surface area contributed by atoms with Gasteiger partial charge in [0, 0.05) is 13.1 Å². The van der Waals surface area contributed by atoms with E-state index < -0.39 is 11.7 Å². The van der Waals surface area contributed by atoms with Gasteiger partial charge in [-0.25, -0.2) is 4.79 Å². The van der Waals surface area contributed by atoms with Crippen LogP contribution in [0.2, 0.25) is 0 Å². The fraction of sp³-hybridized carbons (Fsp3) is 0.857. The van der Waals surface area contributed by atoms with E-state index >= 15 is 0 Å². The van der Waals surface area contributed by atoms with Crippen LogP contribution in [0.15, 0.2) is 0 Å². The molecule has 0 aliphatic rings. The molecule has 0 spiro atoms. The molecule has 0 aliphatic heterocycles. The van der Waals surface area contributed by atoms with Crippen molar-refractivity contribution < 1.29 is 14.3 Å². The number of amides is 2. The molecule has 20 heavy (non-hydrogen) atoms. The zero-order valence-electron chi connectivity index (χ0n) is 13.4. The van der Waals surface area contributed by atoms with Crippen LogP contribution >= 0.6 is 0 Å². The normalized spacial score (nSPS) is 14.8. The first kappa shape index (κ1) is 18.7. The second-order valence-corrected chi connectivity index (χ2v) is 6.42. The molecule has 2 unspecified atom stereocenters. The predicted molar refractivity (Wildman–Crippen MR) is 79.2 cm³/mol. The zero-order valence-corrected chi connectivity index (χ0v) is 13.4. The Labute approximate surface area is 121 Å². The minimum atomic E-state index is -0.504. The largest absolute Gasteiger partial charge is 0.444 e. The Morgan fingerprint density at radius 1 is 1.15 bits per heavy atom. The molecule has 0 aromatic carbocycles. The van der Waals surface area contributed by atoms with E-state index in [1.54, 1.807) is 6.92 Å². The van der Waals surface area contributed by atoms with Crippen molar-refractivity contribution in [2.75, 3.05) is 13.1 Å². The highest BCUT2D eigenvalue weighted by molar-refractivity contribution is 5.79. The number of carbonyl (C=O) groups excluding carboxylic acids is 2. The lowest BCUT2D eigenvalue weighted by Gasteiger charge is -2.25. The van der Waals surface area contributed by atoms with Crippen LogP contribution in [-0.4, -0.2) is 36.7 Å². The number of hydrogen-bond donors (Lipinski definition) is 3. The van der Waals surface area contributed by atoms with E-state index in [2.05, 4.69) is 24.5 Å². The third kappa shape index (κ3) is 8.74. The van der Waals surface area contributed by atoms with Crippen LogP contribution in [0.5, 0.6) is 0 Å². The van der Waals surface area contributed by atoms with E-state index in [0.717, 1.165) is 0 Å². The summed E-state index contributed by atoms with van der Waals surface area (Å²) in [4.78, 5) is 22.6. The first-order chi connectivity index (χ1) is 9.03. The molecule has 0 heterocycles. The molecular weight excluding hydrogens is 258 g/mol. The molecule has 6 heteroatoms. The molecule has 0 saturated carbocycles. The van der Waals surface area contributed by atoms with E-state index in [-0.39, 0.29) is 17.9 Å². The van der Waals surface area contributed by atoms with Crippen LogP contribution in [0.1, 0.15) is 41.5 Å². The quantitative estimate of drug-likeness (QED) is 0.657. The van der Waals surface area contributed by atoms with Crippen molar-refractivity contribution in [3.05, 3.63) is 0 Å². The lowest BCUT2D eigenvalue weighted by atomic mass is 9.95. The summed E-state index contributed by atoms with van der Waals surface area (Å²) in [6.07, 6.45) is -0.425. The van der Waals surface area contributed by atoms with Gasteiger partial charge in [0.15, 0.2) is 0 Å². The van der Waals surface area contributed by atoms with E-state index in [1.807, 2.05) is 20.8 Å². The maximum absolute atomic E-state index is 11.6. The van der Waals surface area contributed by atoms with Crippen LogP contribution < -0.4 is 16.4 Å². The number of nitrogens with two attached hydrogens (primary N) is 1. The summed E-state index contributed by atoms with van der Waals surface area (Å²) < 4.78 is 5.19. The van der Waals surface area contributed by atoms with Gasteiger partial charge in [-0.15, -0.1) is 0 Å². The first-order valence-corrected chi connectivity index (χ1v) is 7.02. The SMILES string of the molecule is CC(NCC(CNC(=O)OC(C)(C)C)C(C)C)C(N)=O. The van der Waals surface area contributed by atoms with Gasteiger partial charge in [-0.1, -0.05) is 13.8 Å². The number of primary amides is 1. The smallest absolute Gasteiger partial charge is 0.407 e. The monoisotopic (exact) mass is 287 g/mol. The third-order valence-electron chi connectivity index (χ3n) is 2.96. The van der Waals surface area contributed by atoms with Gasteiger partial charge in [0.1, 0.15) is 5.60 Å². The highest BCUT2D eigenvalue weighted by atomic mass is 16.6. The molecule has 0 radical (unpaired) electrons. The topological polar surface area (TPSA) is 93.4 Å². The molecule has 2 atom stereocenters. The van der Waals surface area contributed by atoms with E-state index in [4.69, 9.17) is 10.5 Å². The van der Waals surface area contributed by atoms with E-state index in [1.165, 1.54) is 0 Å². The molecule has 0 aromatic rings. The fourth-order valence-corrected chi connectivity index (χ4v) is 1.50. The van der Waals surface area contributed by atoms with Gasteiger partial charge in [0.25, 0.3) is 0 Å². The Balaban J connectivity index is 4.22. The summed E-state index contributed by atoms with van der Waals surface area (Å²) in [5, 5.41) is 5.83. The number of rotatable bonds is 7. The maximum atomic E-state index is 11.6. The summed E-state index contributed by atoms with van der Waals surface area (Å²) in [7, 11) is 0. The van der Waals surface area contributed by atoms with Gasteiger partial charge in [-0.05, 0) is 39.5 Å². The summed E-state index contributed by atoms with van der Waals surface area (Å²) in [6.45, 7) is 12.4. The number of carbonyl (C=O) groups is 2. The van der Waals surface area contributed by atoms with Crippen LogP contribution in [0.4, 0.5) is 4.79 Å². The van der Waals surface area contributed by atoms with Gasteiger partial charge in [-0.3, -0.25) is 4.79 Å². The molecule has 0 aliphatic carbocycles. The molecule has 0 rings (SSSR count). The summed E-state index contributed by atoms with van der Waals surface area (Å²) in [5.74, 6) is 0.175. The molecule has 4 N–H and O–H groups in total. The predicted octanol–water partition coefficient (Wildman–Crippen LogP) is 1.25. The van der Waals surface area contributed by atoms with Crippen LogP contribution in [-0.2, 0) is 9.53 Å². The zero-order chi connectivity index (χ0) is 15.9. The molecule has 0 bridgehead atoms. The molecule has 2 amide bonds.